The minimum atomic E-state index is 0.0459. The molecule has 2 N–H and O–H groups in total. The van der Waals surface area contributed by atoms with Crippen LogP contribution in [-0.4, -0.2) is 49.3 Å². The van der Waals surface area contributed by atoms with Gasteiger partial charge in [0.2, 0.25) is 5.91 Å². The second-order valence-corrected chi connectivity index (χ2v) is 8.76. The molecule has 1 unspecified atom stereocenters. The highest BCUT2D eigenvalue weighted by Crippen LogP contribution is 2.36. The van der Waals surface area contributed by atoms with E-state index in [9.17, 15) is 4.79 Å². The van der Waals surface area contributed by atoms with Crippen LogP contribution < -0.4 is 10.5 Å². The lowest BCUT2D eigenvalue weighted by atomic mass is 9.82. The first-order valence-electron chi connectivity index (χ1n) is 11.0. The molecule has 1 amide bonds. The van der Waals surface area contributed by atoms with E-state index >= 15 is 0 Å². The lowest BCUT2D eigenvalue weighted by Gasteiger charge is -2.41. The molecule has 3 fully saturated rings. The number of carbonyl (C=O) groups excluding carboxylic acids is 1. The van der Waals surface area contributed by atoms with Gasteiger partial charge in [-0.15, -0.1) is 0 Å². The Morgan fingerprint density at radius 2 is 1.93 bits per heavy atom. The minimum Gasteiger partial charge on any atom is -0.497 e. The van der Waals surface area contributed by atoms with E-state index in [2.05, 4.69) is 18.2 Å². The second kappa shape index (κ2) is 8.83. The van der Waals surface area contributed by atoms with Crippen molar-refractivity contribution in [3.05, 3.63) is 29.8 Å². The number of amides is 1. The molecule has 0 radical (unpaired) electrons. The van der Waals surface area contributed by atoms with E-state index in [0.717, 1.165) is 63.7 Å². The number of piperidine rings is 1. The number of ether oxygens (including phenoxy) is 2. The van der Waals surface area contributed by atoms with Crippen molar-refractivity contribution in [2.45, 2.75) is 75.5 Å². The monoisotopic (exact) mass is 386 g/mol. The summed E-state index contributed by atoms with van der Waals surface area (Å²) in [5, 5.41) is 0. The molecule has 5 heteroatoms. The fraction of sp³-hybridized carbons (Fsp3) is 0.696. The van der Waals surface area contributed by atoms with Crippen LogP contribution in [0.2, 0.25) is 0 Å². The fourth-order valence-corrected chi connectivity index (χ4v) is 4.83. The predicted molar refractivity (Wildman–Crippen MR) is 109 cm³/mol. The van der Waals surface area contributed by atoms with E-state index in [1.54, 1.807) is 7.11 Å². The SMILES string of the molecule is COc1cccc([C@H]2CC[C@@H](OC[C@H]3C(N)CCCN3C(=O)C3CC3)CC2)c1. The first-order valence-corrected chi connectivity index (χ1v) is 11.0. The zero-order valence-corrected chi connectivity index (χ0v) is 17.0. The van der Waals surface area contributed by atoms with Crippen LogP contribution in [0, 0.1) is 5.92 Å². The molecule has 154 valence electrons. The number of carbonyl (C=O) groups is 1. The molecule has 1 saturated heterocycles. The summed E-state index contributed by atoms with van der Waals surface area (Å²) in [6, 6.07) is 8.54. The number of likely N-dealkylation sites (tertiary alicyclic amines) is 1. The highest BCUT2D eigenvalue weighted by Gasteiger charge is 2.40. The molecule has 4 rings (SSSR count). The predicted octanol–water partition coefficient (Wildman–Crippen LogP) is 3.47. The van der Waals surface area contributed by atoms with Gasteiger partial charge >= 0.3 is 0 Å². The Kier molecular flexibility index (Phi) is 6.22. The molecule has 2 saturated carbocycles. The Morgan fingerprint density at radius 1 is 1.14 bits per heavy atom. The first-order chi connectivity index (χ1) is 13.7. The Morgan fingerprint density at radius 3 is 2.64 bits per heavy atom. The smallest absolute Gasteiger partial charge is 0.226 e. The van der Waals surface area contributed by atoms with E-state index in [4.69, 9.17) is 15.2 Å². The van der Waals surface area contributed by atoms with E-state index in [0.29, 0.717) is 18.4 Å². The number of nitrogens with two attached hydrogens (primary N) is 1. The lowest BCUT2D eigenvalue weighted by molar-refractivity contribution is -0.139. The van der Waals surface area contributed by atoms with Gasteiger partial charge in [0.25, 0.3) is 0 Å². The van der Waals surface area contributed by atoms with Crippen LogP contribution in [0.1, 0.15) is 62.8 Å². The summed E-state index contributed by atoms with van der Waals surface area (Å²) >= 11 is 0. The maximum atomic E-state index is 12.6. The standard InChI is InChI=1S/C23H34N2O3/c1-27-20-5-2-4-18(14-20)16-9-11-19(12-10-16)28-15-22-21(24)6-3-13-25(22)23(26)17-7-8-17/h2,4-5,14,16-17,19,21-22H,3,6-13,15,24H2,1H3/t16-,19+,21?,22-/m0/s1. The molecule has 1 aliphatic heterocycles. The van der Waals surface area contributed by atoms with Gasteiger partial charge in [0.1, 0.15) is 5.75 Å². The first kappa shape index (κ1) is 19.7. The molecule has 2 aliphatic carbocycles. The summed E-state index contributed by atoms with van der Waals surface area (Å²) in [4.78, 5) is 14.7. The van der Waals surface area contributed by atoms with Gasteiger partial charge in [-0.25, -0.2) is 0 Å². The van der Waals surface area contributed by atoms with Crippen LogP contribution in [0.5, 0.6) is 5.75 Å². The largest absolute Gasteiger partial charge is 0.497 e. The van der Waals surface area contributed by atoms with E-state index in [1.807, 2.05) is 11.0 Å². The van der Waals surface area contributed by atoms with Crippen molar-refractivity contribution < 1.29 is 14.3 Å². The number of methoxy groups -OCH3 is 1. The van der Waals surface area contributed by atoms with Gasteiger partial charge in [-0.2, -0.15) is 0 Å². The molecule has 0 spiro atoms. The van der Waals surface area contributed by atoms with E-state index < -0.39 is 0 Å². The molecule has 1 heterocycles. The van der Waals surface area contributed by atoms with E-state index in [-0.39, 0.29) is 24.1 Å². The van der Waals surface area contributed by atoms with Gasteiger partial charge in [0, 0.05) is 18.5 Å². The van der Waals surface area contributed by atoms with Gasteiger partial charge in [0.15, 0.2) is 0 Å². The topological polar surface area (TPSA) is 64.8 Å². The van der Waals surface area contributed by atoms with E-state index in [1.165, 1.54) is 5.56 Å². The summed E-state index contributed by atoms with van der Waals surface area (Å²) in [6.45, 7) is 1.44. The highest BCUT2D eigenvalue weighted by atomic mass is 16.5. The highest BCUT2D eigenvalue weighted by molar-refractivity contribution is 5.81. The third kappa shape index (κ3) is 4.52. The molecule has 5 nitrogen and oxygen atoms in total. The molecule has 0 aromatic heterocycles. The quantitative estimate of drug-likeness (QED) is 0.813. The van der Waals surface area contributed by atoms with Crippen molar-refractivity contribution in [2.75, 3.05) is 20.3 Å². The lowest BCUT2D eigenvalue weighted by Crippen LogP contribution is -2.57. The van der Waals surface area contributed by atoms with Gasteiger partial charge in [-0.05, 0) is 75.0 Å². The third-order valence-corrected chi connectivity index (χ3v) is 6.78. The molecule has 3 aliphatic rings. The Balaban J connectivity index is 1.28. The minimum absolute atomic E-state index is 0.0459. The van der Waals surface area contributed by atoms with Crippen molar-refractivity contribution >= 4 is 5.91 Å². The average Bonchev–Trinajstić information content (AvgIpc) is 3.58. The zero-order valence-electron chi connectivity index (χ0n) is 17.0. The summed E-state index contributed by atoms with van der Waals surface area (Å²) < 4.78 is 11.7. The molecular weight excluding hydrogens is 352 g/mol. The molecule has 0 bridgehead atoms. The fourth-order valence-electron chi connectivity index (χ4n) is 4.83. The molecule has 2 atom stereocenters. The van der Waals surface area contributed by atoms with Crippen LogP contribution >= 0.6 is 0 Å². The number of benzene rings is 1. The maximum absolute atomic E-state index is 12.6. The Hall–Kier alpha value is -1.59. The number of hydrogen-bond acceptors (Lipinski definition) is 4. The summed E-state index contributed by atoms with van der Waals surface area (Å²) in [5.74, 6) is 2.08. The van der Waals surface area contributed by atoms with Crippen LogP contribution in [0.4, 0.5) is 0 Å². The van der Waals surface area contributed by atoms with Gasteiger partial charge in [-0.3, -0.25) is 4.79 Å². The van der Waals surface area contributed by atoms with Crippen LogP contribution in [0.15, 0.2) is 24.3 Å². The molecule has 1 aromatic rings. The third-order valence-electron chi connectivity index (χ3n) is 6.78. The average molecular weight is 387 g/mol. The summed E-state index contributed by atoms with van der Waals surface area (Å²) in [5.41, 5.74) is 7.75. The van der Waals surface area contributed by atoms with Crippen molar-refractivity contribution in [3.63, 3.8) is 0 Å². The van der Waals surface area contributed by atoms with Gasteiger partial charge in [0.05, 0.1) is 25.9 Å². The Labute approximate surface area is 168 Å². The maximum Gasteiger partial charge on any atom is 0.226 e. The molecule has 1 aromatic carbocycles. The number of hydrogen-bond donors (Lipinski definition) is 1. The van der Waals surface area contributed by atoms with Crippen LogP contribution in [0.25, 0.3) is 0 Å². The van der Waals surface area contributed by atoms with Crippen LogP contribution in [0.3, 0.4) is 0 Å². The van der Waals surface area contributed by atoms with Crippen molar-refractivity contribution in [2.24, 2.45) is 11.7 Å². The van der Waals surface area contributed by atoms with Crippen LogP contribution in [-0.2, 0) is 9.53 Å². The Bertz CT molecular complexity index is 668. The van der Waals surface area contributed by atoms with Crippen molar-refractivity contribution in [1.82, 2.24) is 4.90 Å². The summed E-state index contributed by atoms with van der Waals surface area (Å²) in [6.07, 6.45) is 8.80. The number of nitrogens with zero attached hydrogens (tertiary/aromatic N) is 1. The van der Waals surface area contributed by atoms with Gasteiger partial charge < -0.3 is 20.1 Å². The van der Waals surface area contributed by atoms with Crippen molar-refractivity contribution in [3.8, 4) is 5.75 Å². The van der Waals surface area contributed by atoms with Gasteiger partial charge in [-0.1, -0.05) is 12.1 Å². The molecular formula is C23H34N2O3. The number of rotatable bonds is 6. The normalized spacial score (nSPS) is 30.9. The second-order valence-electron chi connectivity index (χ2n) is 8.76. The molecule has 28 heavy (non-hydrogen) atoms. The zero-order chi connectivity index (χ0) is 19.5. The van der Waals surface area contributed by atoms with Crippen molar-refractivity contribution in [1.29, 1.82) is 0 Å². The summed E-state index contributed by atoms with van der Waals surface area (Å²) in [7, 11) is 1.72.